The van der Waals surface area contributed by atoms with E-state index in [2.05, 4.69) is 5.32 Å². The fraction of sp³-hybridized carbons (Fsp3) is 0.188. The molecule has 110 valence electrons. The molecule has 0 unspecified atom stereocenters. The number of hydrogen-bond acceptors (Lipinski definition) is 2. The Kier molecular flexibility index (Phi) is 4.65. The van der Waals surface area contributed by atoms with Crippen LogP contribution in [0.25, 0.3) is 0 Å². The van der Waals surface area contributed by atoms with Crippen LogP contribution in [0.1, 0.15) is 27.6 Å². The average molecular weight is 291 g/mol. The van der Waals surface area contributed by atoms with Crippen molar-refractivity contribution >= 4 is 5.91 Å². The summed E-state index contributed by atoms with van der Waals surface area (Å²) in [6, 6.07) is 10.1. The SMILES string of the molecule is Cc1ccc(C(=O)NC[C@@H](O)c2ccc(F)c(F)c2)cc1. The molecule has 3 nitrogen and oxygen atoms in total. The Morgan fingerprint density at radius 3 is 2.43 bits per heavy atom. The van der Waals surface area contributed by atoms with E-state index in [0.717, 1.165) is 17.7 Å². The predicted octanol–water partition coefficient (Wildman–Crippen LogP) is 2.74. The van der Waals surface area contributed by atoms with Gasteiger partial charge in [-0.2, -0.15) is 0 Å². The molecular formula is C16H15F2NO2. The molecule has 5 heteroatoms. The first-order valence-corrected chi connectivity index (χ1v) is 6.45. The minimum Gasteiger partial charge on any atom is -0.387 e. The second-order valence-corrected chi connectivity index (χ2v) is 4.77. The van der Waals surface area contributed by atoms with Crippen molar-refractivity contribution in [2.45, 2.75) is 13.0 Å². The molecule has 2 aromatic carbocycles. The van der Waals surface area contributed by atoms with Crippen molar-refractivity contribution < 1.29 is 18.7 Å². The average Bonchev–Trinajstić information content (AvgIpc) is 2.48. The van der Waals surface area contributed by atoms with E-state index < -0.39 is 17.7 Å². The van der Waals surface area contributed by atoms with Crippen LogP contribution in [0.2, 0.25) is 0 Å². The molecule has 0 aromatic heterocycles. The Bertz CT molecular complexity index is 641. The van der Waals surface area contributed by atoms with E-state index in [-0.39, 0.29) is 18.0 Å². The number of rotatable bonds is 4. The van der Waals surface area contributed by atoms with E-state index in [0.29, 0.717) is 5.56 Å². The van der Waals surface area contributed by atoms with E-state index in [9.17, 15) is 18.7 Å². The summed E-state index contributed by atoms with van der Waals surface area (Å²) in [6.45, 7) is 1.83. The van der Waals surface area contributed by atoms with Crippen molar-refractivity contribution in [3.8, 4) is 0 Å². The third-order valence-corrected chi connectivity index (χ3v) is 3.10. The van der Waals surface area contributed by atoms with Crippen LogP contribution in [-0.4, -0.2) is 17.6 Å². The summed E-state index contributed by atoms with van der Waals surface area (Å²) in [5.74, 6) is -2.34. The Balaban J connectivity index is 1.97. The van der Waals surface area contributed by atoms with E-state index in [4.69, 9.17) is 0 Å². The quantitative estimate of drug-likeness (QED) is 0.910. The van der Waals surface area contributed by atoms with E-state index >= 15 is 0 Å². The molecule has 2 rings (SSSR count). The summed E-state index contributed by atoms with van der Waals surface area (Å²) in [4.78, 5) is 11.9. The Morgan fingerprint density at radius 1 is 1.14 bits per heavy atom. The molecule has 0 heterocycles. The highest BCUT2D eigenvalue weighted by atomic mass is 19.2. The molecule has 0 spiro atoms. The van der Waals surface area contributed by atoms with Crippen molar-refractivity contribution in [1.29, 1.82) is 0 Å². The van der Waals surface area contributed by atoms with Gasteiger partial charge in [-0.1, -0.05) is 23.8 Å². The van der Waals surface area contributed by atoms with Crippen molar-refractivity contribution in [2.75, 3.05) is 6.54 Å². The summed E-state index contributed by atoms with van der Waals surface area (Å²) in [7, 11) is 0. The number of amides is 1. The van der Waals surface area contributed by atoms with Crippen LogP contribution in [0, 0.1) is 18.6 Å². The van der Waals surface area contributed by atoms with E-state index in [1.54, 1.807) is 24.3 Å². The lowest BCUT2D eigenvalue weighted by Crippen LogP contribution is -2.28. The van der Waals surface area contributed by atoms with Gasteiger partial charge in [0.2, 0.25) is 0 Å². The molecule has 2 N–H and O–H groups in total. The number of benzene rings is 2. The van der Waals surface area contributed by atoms with Gasteiger partial charge in [-0.3, -0.25) is 4.79 Å². The van der Waals surface area contributed by atoms with Gasteiger partial charge < -0.3 is 10.4 Å². The van der Waals surface area contributed by atoms with Gasteiger partial charge in [-0.05, 0) is 36.8 Å². The minimum atomic E-state index is -1.10. The molecule has 1 amide bonds. The van der Waals surface area contributed by atoms with Crippen LogP contribution in [0.4, 0.5) is 8.78 Å². The highest BCUT2D eigenvalue weighted by Gasteiger charge is 2.13. The summed E-state index contributed by atoms with van der Waals surface area (Å²) in [5.41, 5.74) is 1.71. The van der Waals surface area contributed by atoms with Crippen molar-refractivity contribution in [3.63, 3.8) is 0 Å². The molecule has 0 saturated carbocycles. The van der Waals surface area contributed by atoms with Crippen LogP contribution in [0.5, 0.6) is 0 Å². The molecule has 0 aliphatic carbocycles. The maximum atomic E-state index is 13.1. The summed E-state index contributed by atoms with van der Waals surface area (Å²) in [6.07, 6.45) is -1.10. The molecule has 21 heavy (non-hydrogen) atoms. The zero-order valence-electron chi connectivity index (χ0n) is 11.4. The maximum absolute atomic E-state index is 13.1. The Hall–Kier alpha value is -2.27. The molecule has 2 aromatic rings. The summed E-state index contributed by atoms with van der Waals surface area (Å²) >= 11 is 0. The number of aryl methyl sites for hydroxylation is 1. The fourth-order valence-electron chi connectivity index (χ4n) is 1.83. The summed E-state index contributed by atoms with van der Waals surface area (Å²) < 4.78 is 25.9. The number of carbonyl (C=O) groups excluding carboxylic acids is 1. The van der Waals surface area contributed by atoms with Gasteiger partial charge in [0.1, 0.15) is 0 Å². The van der Waals surface area contributed by atoms with Crippen LogP contribution in [0.3, 0.4) is 0 Å². The standard InChI is InChI=1S/C16H15F2NO2/c1-10-2-4-11(5-3-10)16(21)19-9-15(20)12-6-7-13(17)14(18)8-12/h2-8,15,20H,9H2,1H3,(H,19,21)/t15-/m1/s1. The molecule has 1 atom stereocenters. The third kappa shape index (κ3) is 3.86. The molecule has 0 saturated heterocycles. The van der Waals surface area contributed by atoms with Crippen molar-refractivity contribution in [2.24, 2.45) is 0 Å². The van der Waals surface area contributed by atoms with Gasteiger partial charge in [-0.15, -0.1) is 0 Å². The van der Waals surface area contributed by atoms with Gasteiger partial charge in [-0.25, -0.2) is 8.78 Å². The monoisotopic (exact) mass is 291 g/mol. The van der Waals surface area contributed by atoms with Gasteiger partial charge in [0.25, 0.3) is 5.91 Å². The number of aliphatic hydroxyl groups is 1. The van der Waals surface area contributed by atoms with Crippen LogP contribution in [-0.2, 0) is 0 Å². The van der Waals surface area contributed by atoms with Gasteiger partial charge in [0.15, 0.2) is 11.6 Å². The number of hydrogen-bond donors (Lipinski definition) is 2. The number of nitrogens with one attached hydrogen (secondary N) is 1. The first-order chi connectivity index (χ1) is 9.97. The number of carbonyl (C=O) groups is 1. The molecule has 0 aliphatic heterocycles. The second kappa shape index (κ2) is 6.45. The number of aliphatic hydroxyl groups excluding tert-OH is 1. The lowest BCUT2D eigenvalue weighted by Gasteiger charge is -2.12. The fourth-order valence-corrected chi connectivity index (χ4v) is 1.83. The largest absolute Gasteiger partial charge is 0.387 e. The predicted molar refractivity (Wildman–Crippen MR) is 74.8 cm³/mol. The first-order valence-electron chi connectivity index (χ1n) is 6.45. The molecule has 0 radical (unpaired) electrons. The highest BCUT2D eigenvalue weighted by molar-refractivity contribution is 5.94. The topological polar surface area (TPSA) is 49.3 Å². The lowest BCUT2D eigenvalue weighted by atomic mass is 10.1. The normalized spacial score (nSPS) is 12.0. The van der Waals surface area contributed by atoms with Gasteiger partial charge >= 0.3 is 0 Å². The van der Waals surface area contributed by atoms with E-state index in [1.165, 1.54) is 6.07 Å². The zero-order valence-corrected chi connectivity index (χ0v) is 11.4. The minimum absolute atomic E-state index is 0.0855. The third-order valence-electron chi connectivity index (χ3n) is 3.10. The summed E-state index contributed by atoms with van der Waals surface area (Å²) in [5, 5.41) is 12.4. The zero-order chi connectivity index (χ0) is 15.4. The Labute approximate surface area is 121 Å². The molecule has 0 bridgehead atoms. The van der Waals surface area contributed by atoms with Crippen molar-refractivity contribution in [3.05, 3.63) is 70.8 Å². The first kappa shape index (κ1) is 15.1. The molecular weight excluding hydrogens is 276 g/mol. The molecule has 0 fully saturated rings. The smallest absolute Gasteiger partial charge is 0.251 e. The van der Waals surface area contributed by atoms with Gasteiger partial charge in [0, 0.05) is 12.1 Å². The number of halogens is 2. The van der Waals surface area contributed by atoms with Gasteiger partial charge in [0.05, 0.1) is 6.10 Å². The van der Waals surface area contributed by atoms with Crippen molar-refractivity contribution in [1.82, 2.24) is 5.32 Å². The Morgan fingerprint density at radius 2 is 1.81 bits per heavy atom. The second-order valence-electron chi connectivity index (χ2n) is 4.77. The van der Waals surface area contributed by atoms with E-state index in [1.807, 2.05) is 6.92 Å². The highest BCUT2D eigenvalue weighted by Crippen LogP contribution is 2.15. The van der Waals surface area contributed by atoms with Crippen LogP contribution < -0.4 is 5.32 Å². The van der Waals surface area contributed by atoms with Crippen LogP contribution in [0.15, 0.2) is 42.5 Å². The van der Waals surface area contributed by atoms with Crippen LogP contribution >= 0.6 is 0 Å². The maximum Gasteiger partial charge on any atom is 0.251 e. The lowest BCUT2D eigenvalue weighted by molar-refractivity contribution is 0.0916. The molecule has 0 aliphatic rings.